The lowest BCUT2D eigenvalue weighted by Gasteiger charge is -2.11. The average Bonchev–Trinajstić information content (AvgIpc) is 3.14. The van der Waals surface area contributed by atoms with Crippen molar-refractivity contribution in [3.8, 4) is 22.7 Å². The normalized spacial score (nSPS) is 10.6. The molecule has 0 aliphatic heterocycles. The second kappa shape index (κ2) is 7.25. The van der Waals surface area contributed by atoms with Gasteiger partial charge in [0.25, 0.3) is 0 Å². The molecule has 1 aromatic heterocycles. The summed E-state index contributed by atoms with van der Waals surface area (Å²) in [6.07, 6.45) is 0. The van der Waals surface area contributed by atoms with Gasteiger partial charge in [-0.2, -0.15) is 5.10 Å². The van der Waals surface area contributed by atoms with Gasteiger partial charge in [0.05, 0.1) is 29.9 Å². The zero-order valence-electron chi connectivity index (χ0n) is 15.0. The van der Waals surface area contributed by atoms with E-state index in [0.717, 1.165) is 34.2 Å². The van der Waals surface area contributed by atoms with E-state index >= 15 is 0 Å². The summed E-state index contributed by atoms with van der Waals surface area (Å²) in [6, 6.07) is 27.6. The van der Waals surface area contributed by atoms with Gasteiger partial charge in [0.2, 0.25) is 0 Å². The molecule has 5 nitrogen and oxygen atoms in total. The molecule has 0 amide bonds. The van der Waals surface area contributed by atoms with Crippen LogP contribution in [0.5, 0.6) is 5.75 Å². The first kappa shape index (κ1) is 16.7. The third kappa shape index (κ3) is 3.48. The van der Waals surface area contributed by atoms with Crippen molar-refractivity contribution in [3.05, 3.63) is 84.9 Å². The summed E-state index contributed by atoms with van der Waals surface area (Å²) in [5, 5.41) is 8.21. The SMILES string of the molecule is COc1ccc(-c2cc(Nc3ccccc3N)n(-c3ccccc3)n2)cc1. The van der Waals surface area contributed by atoms with Crippen LogP contribution in [0.15, 0.2) is 84.9 Å². The van der Waals surface area contributed by atoms with E-state index in [1.54, 1.807) is 7.11 Å². The second-order valence-electron chi connectivity index (χ2n) is 6.10. The van der Waals surface area contributed by atoms with Gasteiger partial charge < -0.3 is 15.8 Å². The molecule has 0 saturated heterocycles. The molecule has 0 aliphatic rings. The zero-order chi connectivity index (χ0) is 18.6. The lowest BCUT2D eigenvalue weighted by atomic mass is 10.1. The molecule has 3 aromatic carbocycles. The van der Waals surface area contributed by atoms with Gasteiger partial charge in [-0.05, 0) is 48.5 Å². The summed E-state index contributed by atoms with van der Waals surface area (Å²) in [4.78, 5) is 0. The summed E-state index contributed by atoms with van der Waals surface area (Å²) in [5.41, 5.74) is 10.5. The van der Waals surface area contributed by atoms with Crippen LogP contribution in [-0.2, 0) is 0 Å². The molecule has 0 atom stereocenters. The highest BCUT2D eigenvalue weighted by molar-refractivity contribution is 5.74. The fourth-order valence-corrected chi connectivity index (χ4v) is 2.89. The van der Waals surface area contributed by atoms with E-state index < -0.39 is 0 Å². The van der Waals surface area contributed by atoms with Crippen molar-refractivity contribution in [2.24, 2.45) is 0 Å². The molecule has 0 saturated carbocycles. The van der Waals surface area contributed by atoms with Gasteiger partial charge in [-0.25, -0.2) is 4.68 Å². The minimum Gasteiger partial charge on any atom is -0.497 e. The van der Waals surface area contributed by atoms with Crippen molar-refractivity contribution in [2.75, 3.05) is 18.2 Å². The topological polar surface area (TPSA) is 65.1 Å². The van der Waals surface area contributed by atoms with Gasteiger partial charge in [0.1, 0.15) is 11.6 Å². The van der Waals surface area contributed by atoms with Crippen molar-refractivity contribution >= 4 is 17.2 Å². The van der Waals surface area contributed by atoms with Crippen molar-refractivity contribution in [2.45, 2.75) is 0 Å². The predicted octanol–water partition coefficient (Wildman–Crippen LogP) is 4.87. The largest absolute Gasteiger partial charge is 0.497 e. The molecule has 0 fully saturated rings. The Hall–Kier alpha value is -3.73. The van der Waals surface area contributed by atoms with Crippen LogP contribution >= 0.6 is 0 Å². The molecule has 134 valence electrons. The van der Waals surface area contributed by atoms with E-state index in [1.807, 2.05) is 89.6 Å². The van der Waals surface area contributed by atoms with Crippen molar-refractivity contribution in [1.29, 1.82) is 0 Å². The van der Waals surface area contributed by atoms with Gasteiger partial charge in [0.15, 0.2) is 0 Å². The molecule has 3 N–H and O–H groups in total. The summed E-state index contributed by atoms with van der Waals surface area (Å²) >= 11 is 0. The molecule has 0 bridgehead atoms. The van der Waals surface area contributed by atoms with E-state index in [1.165, 1.54) is 0 Å². The number of methoxy groups -OCH3 is 1. The van der Waals surface area contributed by atoms with E-state index in [2.05, 4.69) is 5.32 Å². The number of rotatable bonds is 5. The number of nitrogens with two attached hydrogens (primary N) is 1. The maximum absolute atomic E-state index is 6.10. The highest BCUT2D eigenvalue weighted by Crippen LogP contribution is 2.29. The van der Waals surface area contributed by atoms with Crippen molar-refractivity contribution in [3.63, 3.8) is 0 Å². The summed E-state index contributed by atoms with van der Waals surface area (Å²) in [5.74, 6) is 1.65. The zero-order valence-corrected chi connectivity index (χ0v) is 15.0. The number of ether oxygens (including phenoxy) is 1. The minimum absolute atomic E-state index is 0.685. The van der Waals surface area contributed by atoms with Crippen molar-refractivity contribution in [1.82, 2.24) is 9.78 Å². The van der Waals surface area contributed by atoms with Crippen LogP contribution < -0.4 is 15.8 Å². The number of hydrogen-bond acceptors (Lipinski definition) is 4. The maximum atomic E-state index is 6.10. The van der Waals surface area contributed by atoms with Crippen molar-refractivity contribution < 1.29 is 4.74 Å². The molecule has 4 aromatic rings. The molecular weight excluding hydrogens is 336 g/mol. The molecule has 0 radical (unpaired) electrons. The summed E-state index contributed by atoms with van der Waals surface area (Å²) in [6.45, 7) is 0. The van der Waals surface area contributed by atoms with Crippen LogP contribution in [0, 0.1) is 0 Å². The Morgan fingerprint density at radius 3 is 2.30 bits per heavy atom. The number of aromatic nitrogens is 2. The average molecular weight is 356 g/mol. The number of benzene rings is 3. The molecule has 4 rings (SSSR count). The van der Waals surface area contributed by atoms with Gasteiger partial charge in [-0.15, -0.1) is 0 Å². The van der Waals surface area contributed by atoms with Gasteiger partial charge >= 0.3 is 0 Å². The van der Waals surface area contributed by atoms with Gasteiger partial charge in [-0.1, -0.05) is 30.3 Å². The number of nitrogens with one attached hydrogen (secondary N) is 1. The smallest absolute Gasteiger partial charge is 0.134 e. The summed E-state index contributed by atoms with van der Waals surface area (Å²) < 4.78 is 7.12. The van der Waals surface area contributed by atoms with E-state index in [0.29, 0.717) is 5.69 Å². The van der Waals surface area contributed by atoms with Crippen LogP contribution in [0.1, 0.15) is 0 Å². The maximum Gasteiger partial charge on any atom is 0.134 e. The Kier molecular flexibility index (Phi) is 4.49. The number of nitrogens with zero attached hydrogens (tertiary/aromatic N) is 2. The number of para-hydroxylation sites is 3. The Morgan fingerprint density at radius 2 is 1.59 bits per heavy atom. The molecule has 1 heterocycles. The van der Waals surface area contributed by atoms with E-state index in [9.17, 15) is 0 Å². The molecule has 0 unspecified atom stereocenters. The Labute approximate surface area is 158 Å². The van der Waals surface area contributed by atoms with Crippen LogP contribution in [0.3, 0.4) is 0 Å². The Balaban J connectivity index is 1.78. The lowest BCUT2D eigenvalue weighted by Crippen LogP contribution is -2.03. The third-order valence-corrected chi connectivity index (χ3v) is 4.32. The Morgan fingerprint density at radius 1 is 0.889 bits per heavy atom. The van der Waals surface area contributed by atoms with Crippen LogP contribution in [-0.4, -0.2) is 16.9 Å². The lowest BCUT2D eigenvalue weighted by molar-refractivity contribution is 0.415. The summed E-state index contributed by atoms with van der Waals surface area (Å²) in [7, 11) is 1.66. The predicted molar refractivity (Wildman–Crippen MR) is 110 cm³/mol. The fourth-order valence-electron chi connectivity index (χ4n) is 2.89. The number of anilines is 3. The first-order chi connectivity index (χ1) is 13.2. The van der Waals surface area contributed by atoms with Crippen LogP contribution in [0.25, 0.3) is 16.9 Å². The minimum atomic E-state index is 0.685. The van der Waals surface area contributed by atoms with Crippen LogP contribution in [0.4, 0.5) is 17.2 Å². The van der Waals surface area contributed by atoms with Crippen LogP contribution in [0.2, 0.25) is 0 Å². The third-order valence-electron chi connectivity index (χ3n) is 4.32. The molecule has 0 aliphatic carbocycles. The highest BCUT2D eigenvalue weighted by Gasteiger charge is 2.12. The Bertz CT molecular complexity index is 1040. The van der Waals surface area contributed by atoms with Gasteiger partial charge in [-0.3, -0.25) is 0 Å². The standard InChI is InChI=1S/C22H20N4O/c1-27-18-13-11-16(12-14-18)21-15-22(24-20-10-6-5-9-19(20)23)26(25-21)17-7-3-2-4-8-17/h2-15,24H,23H2,1H3. The highest BCUT2D eigenvalue weighted by atomic mass is 16.5. The monoisotopic (exact) mass is 356 g/mol. The molecule has 5 heteroatoms. The second-order valence-corrected chi connectivity index (χ2v) is 6.10. The quantitative estimate of drug-likeness (QED) is 0.501. The fraction of sp³-hybridized carbons (Fsp3) is 0.0455. The molecular formula is C22H20N4O. The number of nitrogen functional groups attached to an aromatic ring is 1. The first-order valence-electron chi connectivity index (χ1n) is 8.66. The first-order valence-corrected chi connectivity index (χ1v) is 8.66. The molecule has 0 spiro atoms. The van der Waals surface area contributed by atoms with Gasteiger partial charge in [0, 0.05) is 11.6 Å². The molecule has 27 heavy (non-hydrogen) atoms. The van der Waals surface area contributed by atoms with E-state index in [-0.39, 0.29) is 0 Å². The number of hydrogen-bond donors (Lipinski definition) is 2. The van der Waals surface area contributed by atoms with E-state index in [4.69, 9.17) is 15.6 Å².